The normalized spacial score (nSPS) is 12.4. The summed E-state index contributed by atoms with van der Waals surface area (Å²) in [5, 5.41) is 0. The number of pyridine rings is 1. The predicted octanol–water partition coefficient (Wildman–Crippen LogP) is 3.94. The second-order valence-electron chi connectivity index (χ2n) is 4.08. The third-order valence-electron chi connectivity index (χ3n) is 2.62. The van der Waals surface area contributed by atoms with Crippen molar-refractivity contribution in [3.8, 4) is 0 Å². The number of hydrogen-bond donors (Lipinski definition) is 1. The molecule has 0 saturated carbocycles. The first-order valence-corrected chi connectivity index (χ1v) is 7.50. The molecule has 1 aromatic heterocycles. The average molecular weight is 323 g/mol. The number of aromatic nitrogens is 1. The molecule has 0 aliphatic carbocycles. The summed E-state index contributed by atoms with van der Waals surface area (Å²) in [6, 6.07) is 12.2. The van der Waals surface area contributed by atoms with Gasteiger partial charge < -0.3 is 5.73 Å². The van der Waals surface area contributed by atoms with Crippen LogP contribution in [0.25, 0.3) is 0 Å². The number of nitrogens with two attached hydrogens (primary N) is 1. The third-order valence-corrected chi connectivity index (χ3v) is 4.76. The predicted molar refractivity (Wildman–Crippen MR) is 80.8 cm³/mol. The minimum Gasteiger partial charge on any atom is -0.323 e. The van der Waals surface area contributed by atoms with Crippen molar-refractivity contribution in [2.45, 2.75) is 17.9 Å². The van der Waals surface area contributed by atoms with Crippen molar-refractivity contribution in [2.24, 2.45) is 5.73 Å². The van der Waals surface area contributed by atoms with Gasteiger partial charge >= 0.3 is 0 Å². The van der Waals surface area contributed by atoms with Gasteiger partial charge in [-0.1, -0.05) is 18.2 Å². The van der Waals surface area contributed by atoms with Gasteiger partial charge in [0.05, 0.1) is 0 Å². The van der Waals surface area contributed by atoms with Gasteiger partial charge in [-0.3, -0.25) is 4.98 Å². The summed E-state index contributed by atoms with van der Waals surface area (Å²) in [6.45, 7) is 1.98. The van der Waals surface area contributed by atoms with Crippen LogP contribution in [0.3, 0.4) is 0 Å². The lowest BCUT2D eigenvalue weighted by Gasteiger charge is -2.12. The van der Waals surface area contributed by atoms with Gasteiger partial charge in [-0.15, -0.1) is 11.8 Å². The van der Waals surface area contributed by atoms with E-state index in [1.165, 1.54) is 4.90 Å². The molecule has 2 aromatic rings. The molecule has 1 aromatic carbocycles. The number of halogens is 1. The molecule has 0 fully saturated rings. The summed E-state index contributed by atoms with van der Waals surface area (Å²) in [6.07, 6.45) is 1.86. The zero-order valence-electron chi connectivity index (χ0n) is 10.1. The van der Waals surface area contributed by atoms with Crippen LogP contribution in [-0.2, 0) is 0 Å². The topological polar surface area (TPSA) is 38.9 Å². The number of nitrogens with zero attached hydrogens (tertiary/aromatic N) is 1. The summed E-state index contributed by atoms with van der Waals surface area (Å²) in [7, 11) is 0. The van der Waals surface area contributed by atoms with Crippen LogP contribution in [-0.4, -0.2) is 10.7 Å². The van der Waals surface area contributed by atoms with E-state index >= 15 is 0 Å². The van der Waals surface area contributed by atoms with Crippen LogP contribution in [0.1, 0.15) is 17.3 Å². The summed E-state index contributed by atoms with van der Waals surface area (Å²) in [5.74, 6) is 0.841. The Kier molecular flexibility index (Phi) is 4.80. The minimum atomic E-state index is 0.00945. The van der Waals surface area contributed by atoms with Gasteiger partial charge in [0.2, 0.25) is 0 Å². The van der Waals surface area contributed by atoms with Gasteiger partial charge in [0.25, 0.3) is 0 Å². The Bertz CT molecular complexity index is 513. The first kappa shape index (κ1) is 13.6. The maximum absolute atomic E-state index is 6.17. The molecule has 2 N–H and O–H groups in total. The molecule has 1 atom stereocenters. The van der Waals surface area contributed by atoms with E-state index in [-0.39, 0.29) is 6.04 Å². The fourth-order valence-electron chi connectivity index (χ4n) is 1.54. The Labute approximate surface area is 120 Å². The van der Waals surface area contributed by atoms with Gasteiger partial charge in [-0.2, -0.15) is 0 Å². The second kappa shape index (κ2) is 6.36. The van der Waals surface area contributed by atoms with E-state index in [0.717, 1.165) is 21.5 Å². The Balaban J connectivity index is 1.98. The van der Waals surface area contributed by atoms with Crippen molar-refractivity contribution in [1.82, 2.24) is 4.98 Å². The largest absolute Gasteiger partial charge is 0.323 e. The van der Waals surface area contributed by atoms with Gasteiger partial charge in [0.15, 0.2) is 0 Å². The van der Waals surface area contributed by atoms with E-state index in [1.54, 1.807) is 11.8 Å². The molecule has 0 aliphatic heterocycles. The zero-order chi connectivity index (χ0) is 13.0. The monoisotopic (exact) mass is 322 g/mol. The highest BCUT2D eigenvalue weighted by atomic mass is 79.9. The van der Waals surface area contributed by atoms with E-state index in [1.807, 2.05) is 43.5 Å². The van der Waals surface area contributed by atoms with Crippen LogP contribution in [0.2, 0.25) is 0 Å². The van der Waals surface area contributed by atoms with Gasteiger partial charge in [0.1, 0.15) is 0 Å². The van der Waals surface area contributed by atoms with Crippen LogP contribution in [0.15, 0.2) is 52.0 Å². The number of rotatable bonds is 4. The van der Waals surface area contributed by atoms with E-state index in [0.29, 0.717) is 0 Å². The molecule has 1 heterocycles. The molecule has 0 amide bonds. The van der Waals surface area contributed by atoms with Crippen molar-refractivity contribution < 1.29 is 0 Å². The summed E-state index contributed by atoms with van der Waals surface area (Å²) in [5.41, 5.74) is 8.27. The Morgan fingerprint density at radius 1 is 1.28 bits per heavy atom. The lowest BCUT2D eigenvalue weighted by atomic mass is 10.1. The van der Waals surface area contributed by atoms with Crippen LogP contribution < -0.4 is 5.73 Å². The van der Waals surface area contributed by atoms with Gasteiger partial charge in [0, 0.05) is 33.1 Å². The summed E-state index contributed by atoms with van der Waals surface area (Å²) < 4.78 is 1.12. The van der Waals surface area contributed by atoms with E-state index in [2.05, 4.69) is 27.0 Å². The van der Waals surface area contributed by atoms with Crippen molar-refractivity contribution in [3.63, 3.8) is 0 Å². The average Bonchev–Trinajstić information content (AvgIpc) is 2.38. The third kappa shape index (κ3) is 3.57. The fraction of sp³-hybridized carbons (Fsp3) is 0.214. The first-order chi connectivity index (χ1) is 8.66. The van der Waals surface area contributed by atoms with E-state index < -0.39 is 0 Å². The smallest absolute Gasteiger partial charge is 0.0405 e. The summed E-state index contributed by atoms with van der Waals surface area (Å²) >= 11 is 5.29. The highest BCUT2D eigenvalue weighted by molar-refractivity contribution is 9.10. The molecule has 18 heavy (non-hydrogen) atoms. The molecule has 2 nitrogen and oxygen atoms in total. The number of thioether (sulfide) groups is 1. The standard InChI is InChI=1S/C14H15BrN2S/c1-10-6-7-11(8-17-10)13(16)9-18-14-5-3-2-4-12(14)15/h2-8,13H,9,16H2,1H3. The zero-order valence-corrected chi connectivity index (χ0v) is 12.5. The fourth-order valence-corrected chi connectivity index (χ4v) is 3.10. The molecule has 0 spiro atoms. The van der Waals surface area contributed by atoms with Crippen molar-refractivity contribution >= 4 is 27.7 Å². The Morgan fingerprint density at radius 2 is 2.06 bits per heavy atom. The van der Waals surface area contributed by atoms with E-state index in [4.69, 9.17) is 5.73 Å². The van der Waals surface area contributed by atoms with Crippen molar-refractivity contribution in [2.75, 3.05) is 5.75 Å². The SMILES string of the molecule is Cc1ccc(C(N)CSc2ccccc2Br)cn1. The second-order valence-corrected chi connectivity index (χ2v) is 6.00. The molecule has 0 saturated heterocycles. The lowest BCUT2D eigenvalue weighted by Crippen LogP contribution is -2.13. The maximum atomic E-state index is 6.17. The molecule has 0 radical (unpaired) electrons. The first-order valence-electron chi connectivity index (χ1n) is 5.72. The maximum Gasteiger partial charge on any atom is 0.0405 e. The molecule has 4 heteroatoms. The molecular weight excluding hydrogens is 308 g/mol. The van der Waals surface area contributed by atoms with Crippen LogP contribution in [0.5, 0.6) is 0 Å². The quantitative estimate of drug-likeness (QED) is 0.866. The number of aryl methyl sites for hydroxylation is 1. The van der Waals surface area contributed by atoms with Crippen LogP contribution >= 0.6 is 27.7 Å². The number of benzene rings is 1. The van der Waals surface area contributed by atoms with Gasteiger partial charge in [-0.05, 0) is 46.6 Å². The molecule has 0 aliphatic rings. The lowest BCUT2D eigenvalue weighted by molar-refractivity contribution is 0.822. The minimum absolute atomic E-state index is 0.00945. The highest BCUT2D eigenvalue weighted by Crippen LogP contribution is 2.29. The van der Waals surface area contributed by atoms with Crippen LogP contribution in [0.4, 0.5) is 0 Å². The Morgan fingerprint density at radius 3 is 2.72 bits per heavy atom. The van der Waals surface area contributed by atoms with Gasteiger partial charge in [-0.25, -0.2) is 0 Å². The summed E-state index contributed by atoms with van der Waals surface area (Å²) in [4.78, 5) is 5.49. The molecular formula is C14H15BrN2S. The van der Waals surface area contributed by atoms with Crippen LogP contribution in [0, 0.1) is 6.92 Å². The molecule has 1 unspecified atom stereocenters. The van der Waals surface area contributed by atoms with Crippen molar-refractivity contribution in [1.29, 1.82) is 0 Å². The van der Waals surface area contributed by atoms with E-state index in [9.17, 15) is 0 Å². The number of hydrogen-bond acceptors (Lipinski definition) is 3. The molecule has 0 bridgehead atoms. The Hall–Kier alpha value is -0.840. The molecule has 94 valence electrons. The van der Waals surface area contributed by atoms with Crippen molar-refractivity contribution in [3.05, 3.63) is 58.3 Å². The highest BCUT2D eigenvalue weighted by Gasteiger charge is 2.08. The molecule has 2 rings (SSSR count).